The highest BCUT2D eigenvalue weighted by atomic mass is 32.2. The zero-order valence-corrected chi connectivity index (χ0v) is 16.6. The van der Waals surface area contributed by atoms with E-state index in [1.807, 2.05) is 60.7 Å². The van der Waals surface area contributed by atoms with Crippen LogP contribution in [-0.2, 0) is 9.59 Å². The van der Waals surface area contributed by atoms with Crippen LogP contribution in [-0.4, -0.2) is 34.3 Å². The van der Waals surface area contributed by atoms with Crippen LogP contribution in [0.25, 0.3) is 0 Å². The van der Waals surface area contributed by atoms with Gasteiger partial charge in [-0.25, -0.2) is 0 Å². The summed E-state index contributed by atoms with van der Waals surface area (Å²) >= 11 is 2.81. The molecule has 1 aliphatic heterocycles. The third-order valence-corrected chi connectivity index (χ3v) is 6.36. The Kier molecular flexibility index (Phi) is 5.68. The van der Waals surface area contributed by atoms with Crippen molar-refractivity contribution in [1.29, 1.82) is 0 Å². The standard InChI is InChI=1S/C20H18N4O2S2/c25-17(13-27-16-9-5-2-6-10-16)21-20-23-22-19(28-20)14-11-18(26)24(12-14)15-7-3-1-4-8-15/h1-10,14H,11-13H2,(H,21,23,25). The molecule has 1 N–H and O–H groups in total. The van der Waals surface area contributed by atoms with E-state index in [2.05, 4.69) is 15.5 Å². The predicted molar refractivity (Wildman–Crippen MR) is 112 cm³/mol. The van der Waals surface area contributed by atoms with Crippen molar-refractivity contribution in [3.05, 3.63) is 65.7 Å². The third kappa shape index (κ3) is 4.40. The van der Waals surface area contributed by atoms with Gasteiger partial charge in [-0.1, -0.05) is 47.7 Å². The molecule has 0 spiro atoms. The molecule has 1 aromatic heterocycles. The maximum atomic E-state index is 12.4. The Hall–Kier alpha value is -2.71. The number of hydrogen-bond acceptors (Lipinski definition) is 6. The summed E-state index contributed by atoms with van der Waals surface area (Å²) in [7, 11) is 0. The van der Waals surface area contributed by atoms with Gasteiger partial charge in [0.05, 0.1) is 5.75 Å². The van der Waals surface area contributed by atoms with Crippen molar-refractivity contribution in [1.82, 2.24) is 10.2 Å². The highest BCUT2D eigenvalue weighted by Gasteiger charge is 2.33. The van der Waals surface area contributed by atoms with E-state index in [-0.39, 0.29) is 17.7 Å². The number of nitrogens with one attached hydrogen (secondary N) is 1. The van der Waals surface area contributed by atoms with Crippen LogP contribution in [0.2, 0.25) is 0 Å². The molecule has 2 amide bonds. The van der Waals surface area contributed by atoms with Gasteiger partial charge in [0.25, 0.3) is 0 Å². The number of para-hydroxylation sites is 1. The molecule has 3 aromatic rings. The van der Waals surface area contributed by atoms with Crippen LogP contribution in [0.3, 0.4) is 0 Å². The minimum atomic E-state index is -0.120. The average molecular weight is 411 g/mol. The molecule has 0 radical (unpaired) electrons. The van der Waals surface area contributed by atoms with E-state index in [1.54, 1.807) is 4.90 Å². The molecule has 28 heavy (non-hydrogen) atoms. The second kappa shape index (κ2) is 8.53. The van der Waals surface area contributed by atoms with E-state index in [9.17, 15) is 9.59 Å². The normalized spacial score (nSPS) is 16.4. The van der Waals surface area contributed by atoms with Crippen LogP contribution in [0.1, 0.15) is 17.3 Å². The monoisotopic (exact) mass is 410 g/mol. The van der Waals surface area contributed by atoms with Crippen molar-refractivity contribution in [2.45, 2.75) is 17.2 Å². The van der Waals surface area contributed by atoms with Crippen molar-refractivity contribution in [2.75, 3.05) is 22.5 Å². The van der Waals surface area contributed by atoms with Gasteiger partial charge in [-0.2, -0.15) is 0 Å². The van der Waals surface area contributed by atoms with Gasteiger partial charge in [-0.15, -0.1) is 22.0 Å². The lowest BCUT2D eigenvalue weighted by Gasteiger charge is -2.15. The number of carbonyl (C=O) groups excluding carboxylic acids is 2. The molecule has 142 valence electrons. The van der Waals surface area contributed by atoms with Crippen LogP contribution >= 0.6 is 23.1 Å². The largest absolute Gasteiger partial charge is 0.312 e. The molecule has 1 atom stereocenters. The van der Waals surface area contributed by atoms with Crippen molar-refractivity contribution in [3.8, 4) is 0 Å². The summed E-state index contributed by atoms with van der Waals surface area (Å²) in [6.07, 6.45) is 0.404. The smallest absolute Gasteiger partial charge is 0.236 e. The second-order valence-electron chi connectivity index (χ2n) is 6.34. The van der Waals surface area contributed by atoms with Crippen LogP contribution in [0.5, 0.6) is 0 Å². The number of anilines is 2. The van der Waals surface area contributed by atoms with Gasteiger partial charge in [0.15, 0.2) is 0 Å². The summed E-state index contributed by atoms with van der Waals surface area (Å²) < 4.78 is 0. The van der Waals surface area contributed by atoms with E-state index in [1.165, 1.54) is 23.1 Å². The Morgan fingerprint density at radius 2 is 1.82 bits per heavy atom. The van der Waals surface area contributed by atoms with Gasteiger partial charge in [0.2, 0.25) is 16.9 Å². The number of amides is 2. The van der Waals surface area contributed by atoms with Crippen LogP contribution in [0, 0.1) is 0 Å². The number of carbonyl (C=O) groups is 2. The van der Waals surface area contributed by atoms with Gasteiger partial charge >= 0.3 is 0 Å². The first-order chi connectivity index (χ1) is 13.7. The number of benzene rings is 2. The molecular formula is C20H18N4O2S2. The zero-order chi connectivity index (χ0) is 19.3. The molecular weight excluding hydrogens is 392 g/mol. The summed E-state index contributed by atoms with van der Waals surface area (Å²) in [5, 5.41) is 12.3. The molecule has 2 heterocycles. The Morgan fingerprint density at radius 1 is 1.11 bits per heavy atom. The van der Waals surface area contributed by atoms with Crippen LogP contribution < -0.4 is 10.2 Å². The van der Waals surface area contributed by atoms with Gasteiger partial charge in [-0.05, 0) is 24.3 Å². The first-order valence-electron chi connectivity index (χ1n) is 8.85. The maximum absolute atomic E-state index is 12.4. The Morgan fingerprint density at radius 3 is 2.57 bits per heavy atom. The highest BCUT2D eigenvalue weighted by Crippen LogP contribution is 2.34. The van der Waals surface area contributed by atoms with Crippen molar-refractivity contribution < 1.29 is 9.59 Å². The van der Waals surface area contributed by atoms with Crippen molar-refractivity contribution in [2.24, 2.45) is 0 Å². The molecule has 0 aliphatic carbocycles. The van der Waals surface area contributed by atoms with Crippen molar-refractivity contribution in [3.63, 3.8) is 0 Å². The summed E-state index contributed by atoms with van der Waals surface area (Å²) in [6.45, 7) is 0.579. The molecule has 1 aliphatic rings. The van der Waals surface area contributed by atoms with Crippen LogP contribution in [0.4, 0.5) is 10.8 Å². The Bertz CT molecular complexity index is 963. The molecule has 0 bridgehead atoms. The lowest BCUT2D eigenvalue weighted by molar-refractivity contribution is -0.117. The van der Waals surface area contributed by atoms with Gasteiger partial charge < -0.3 is 4.90 Å². The van der Waals surface area contributed by atoms with E-state index in [0.29, 0.717) is 23.8 Å². The topological polar surface area (TPSA) is 75.2 Å². The first kappa shape index (κ1) is 18.6. The number of thioether (sulfide) groups is 1. The zero-order valence-electron chi connectivity index (χ0n) is 14.9. The number of nitrogens with zero attached hydrogens (tertiary/aromatic N) is 3. The van der Waals surface area contributed by atoms with E-state index >= 15 is 0 Å². The minimum Gasteiger partial charge on any atom is -0.312 e. The van der Waals surface area contributed by atoms with Crippen molar-refractivity contribution >= 4 is 45.7 Å². The SMILES string of the molecule is O=C(CSc1ccccc1)Nc1nnc(C2CC(=O)N(c3ccccc3)C2)s1. The van der Waals surface area contributed by atoms with Gasteiger partial charge in [0.1, 0.15) is 5.01 Å². The average Bonchev–Trinajstić information content (AvgIpc) is 3.34. The summed E-state index contributed by atoms with van der Waals surface area (Å²) in [5.41, 5.74) is 0.894. The molecule has 1 fully saturated rings. The first-order valence-corrected chi connectivity index (χ1v) is 10.7. The van der Waals surface area contributed by atoms with Crippen LogP contribution in [0.15, 0.2) is 65.6 Å². The predicted octanol–water partition coefficient (Wildman–Crippen LogP) is 3.79. The summed E-state index contributed by atoms with van der Waals surface area (Å²) in [5.74, 6) is 0.263. The van der Waals surface area contributed by atoms with E-state index < -0.39 is 0 Å². The Balaban J connectivity index is 1.34. The summed E-state index contributed by atoms with van der Waals surface area (Å²) in [4.78, 5) is 27.3. The minimum absolute atomic E-state index is 0.00504. The number of aromatic nitrogens is 2. The van der Waals surface area contributed by atoms with E-state index in [0.717, 1.165) is 15.6 Å². The molecule has 1 unspecified atom stereocenters. The maximum Gasteiger partial charge on any atom is 0.236 e. The number of hydrogen-bond donors (Lipinski definition) is 1. The lowest BCUT2D eigenvalue weighted by atomic mass is 10.1. The van der Waals surface area contributed by atoms with E-state index in [4.69, 9.17) is 0 Å². The third-order valence-electron chi connectivity index (χ3n) is 4.34. The number of rotatable bonds is 6. The fourth-order valence-corrected chi connectivity index (χ4v) is 4.57. The second-order valence-corrected chi connectivity index (χ2v) is 8.39. The molecule has 1 saturated heterocycles. The molecule has 8 heteroatoms. The van der Waals surface area contributed by atoms with Gasteiger partial charge in [0, 0.05) is 29.5 Å². The summed E-state index contributed by atoms with van der Waals surface area (Å²) in [6, 6.07) is 19.4. The molecule has 0 saturated carbocycles. The van der Waals surface area contributed by atoms with Gasteiger partial charge in [-0.3, -0.25) is 14.9 Å². The molecule has 6 nitrogen and oxygen atoms in total. The molecule has 2 aromatic carbocycles. The lowest BCUT2D eigenvalue weighted by Crippen LogP contribution is -2.24. The molecule has 4 rings (SSSR count). The quantitative estimate of drug-likeness (QED) is 0.626. The Labute approximate surface area is 171 Å². The highest BCUT2D eigenvalue weighted by molar-refractivity contribution is 8.00. The fourth-order valence-electron chi connectivity index (χ4n) is 3.00. The fraction of sp³-hybridized carbons (Fsp3) is 0.200.